The molecule has 5 heteroatoms. The van der Waals surface area contributed by atoms with E-state index in [0.29, 0.717) is 16.5 Å². The Morgan fingerprint density at radius 2 is 2.10 bits per heavy atom. The molecule has 3 nitrogen and oxygen atoms in total. The van der Waals surface area contributed by atoms with E-state index in [2.05, 4.69) is 5.32 Å². The molecule has 0 spiro atoms. The minimum atomic E-state index is -0.715. The molecule has 0 saturated heterocycles. The van der Waals surface area contributed by atoms with Crippen molar-refractivity contribution in [3.8, 4) is 5.75 Å². The van der Waals surface area contributed by atoms with Gasteiger partial charge in [0, 0.05) is 17.3 Å². The summed E-state index contributed by atoms with van der Waals surface area (Å²) in [7, 11) is 0. The standard InChI is InChI=1S/C16H17ClFNO2/c1-11-3-2-4-16(5-11)21-10-15(20)9-19-14-7-12(17)6-13(18)8-14/h2-8,15,19-20H,9-10H2,1H3. The zero-order valence-electron chi connectivity index (χ0n) is 11.6. The van der Waals surface area contributed by atoms with Gasteiger partial charge < -0.3 is 15.2 Å². The van der Waals surface area contributed by atoms with Crippen molar-refractivity contribution in [3.05, 3.63) is 58.9 Å². The minimum Gasteiger partial charge on any atom is -0.491 e. The lowest BCUT2D eigenvalue weighted by Crippen LogP contribution is -2.26. The van der Waals surface area contributed by atoms with E-state index in [4.69, 9.17) is 16.3 Å². The van der Waals surface area contributed by atoms with E-state index < -0.39 is 11.9 Å². The monoisotopic (exact) mass is 309 g/mol. The van der Waals surface area contributed by atoms with Crippen LogP contribution in [0.5, 0.6) is 5.75 Å². The Morgan fingerprint density at radius 1 is 1.29 bits per heavy atom. The van der Waals surface area contributed by atoms with Crippen molar-refractivity contribution in [1.82, 2.24) is 0 Å². The average Bonchev–Trinajstić information content (AvgIpc) is 2.42. The average molecular weight is 310 g/mol. The van der Waals surface area contributed by atoms with Gasteiger partial charge >= 0.3 is 0 Å². The number of anilines is 1. The van der Waals surface area contributed by atoms with Crippen molar-refractivity contribution in [2.45, 2.75) is 13.0 Å². The predicted octanol–water partition coefficient (Wildman–Crippen LogP) is 3.64. The Hall–Kier alpha value is -1.78. The van der Waals surface area contributed by atoms with Gasteiger partial charge in [-0.1, -0.05) is 23.7 Å². The van der Waals surface area contributed by atoms with Gasteiger partial charge in [0.2, 0.25) is 0 Å². The van der Waals surface area contributed by atoms with E-state index in [1.165, 1.54) is 12.1 Å². The number of ether oxygens (including phenoxy) is 1. The van der Waals surface area contributed by atoms with Crippen LogP contribution in [0, 0.1) is 12.7 Å². The Labute approximate surface area is 128 Å². The number of hydrogen-bond acceptors (Lipinski definition) is 3. The molecule has 0 aliphatic carbocycles. The number of aliphatic hydroxyl groups is 1. The number of hydrogen-bond donors (Lipinski definition) is 2. The lowest BCUT2D eigenvalue weighted by Gasteiger charge is -2.14. The minimum absolute atomic E-state index is 0.152. The van der Waals surface area contributed by atoms with Crippen molar-refractivity contribution in [2.24, 2.45) is 0 Å². The van der Waals surface area contributed by atoms with Crippen molar-refractivity contribution in [1.29, 1.82) is 0 Å². The third-order valence-electron chi connectivity index (χ3n) is 2.84. The molecule has 0 heterocycles. The van der Waals surface area contributed by atoms with E-state index in [9.17, 15) is 9.50 Å². The normalized spacial score (nSPS) is 12.0. The van der Waals surface area contributed by atoms with Gasteiger partial charge in [-0.25, -0.2) is 4.39 Å². The molecule has 0 aliphatic heterocycles. The van der Waals surface area contributed by atoms with Gasteiger partial charge in [0.05, 0.1) is 0 Å². The molecule has 2 N–H and O–H groups in total. The summed E-state index contributed by atoms with van der Waals surface area (Å²) in [6.07, 6.45) is -0.715. The fourth-order valence-corrected chi connectivity index (χ4v) is 2.07. The molecule has 0 radical (unpaired) electrons. The van der Waals surface area contributed by atoms with E-state index in [-0.39, 0.29) is 13.2 Å². The topological polar surface area (TPSA) is 41.5 Å². The van der Waals surface area contributed by atoms with E-state index >= 15 is 0 Å². The maximum absolute atomic E-state index is 13.1. The van der Waals surface area contributed by atoms with Crippen molar-refractivity contribution in [2.75, 3.05) is 18.5 Å². The number of rotatable bonds is 6. The first-order valence-electron chi connectivity index (χ1n) is 6.60. The first kappa shape index (κ1) is 15.6. The molecule has 0 fully saturated rings. The van der Waals surface area contributed by atoms with Crippen molar-refractivity contribution < 1.29 is 14.2 Å². The summed E-state index contributed by atoms with van der Waals surface area (Å²) in [5, 5.41) is 13.1. The predicted molar refractivity (Wildman–Crippen MR) is 82.6 cm³/mol. The second kappa shape index (κ2) is 7.29. The molecule has 0 amide bonds. The van der Waals surface area contributed by atoms with E-state index in [1.54, 1.807) is 6.07 Å². The van der Waals surface area contributed by atoms with Crippen molar-refractivity contribution >= 4 is 17.3 Å². The summed E-state index contributed by atoms with van der Waals surface area (Å²) in [6, 6.07) is 11.7. The summed E-state index contributed by atoms with van der Waals surface area (Å²) >= 11 is 5.75. The van der Waals surface area contributed by atoms with Gasteiger partial charge in [-0.05, 0) is 42.8 Å². The molecule has 112 valence electrons. The van der Waals surface area contributed by atoms with Gasteiger partial charge in [-0.2, -0.15) is 0 Å². The summed E-state index contributed by atoms with van der Waals surface area (Å²) in [6.45, 7) is 2.36. The fourth-order valence-electron chi connectivity index (χ4n) is 1.85. The molecular weight excluding hydrogens is 293 g/mol. The molecule has 2 aromatic carbocycles. The van der Waals surface area contributed by atoms with Gasteiger partial charge in [0.15, 0.2) is 0 Å². The van der Waals surface area contributed by atoms with Crippen LogP contribution >= 0.6 is 11.6 Å². The molecule has 0 aromatic heterocycles. The highest BCUT2D eigenvalue weighted by atomic mass is 35.5. The zero-order chi connectivity index (χ0) is 15.2. The van der Waals surface area contributed by atoms with Crippen LogP contribution < -0.4 is 10.1 Å². The van der Waals surface area contributed by atoms with Gasteiger partial charge in [-0.3, -0.25) is 0 Å². The van der Waals surface area contributed by atoms with Gasteiger partial charge in [0.25, 0.3) is 0 Å². The van der Waals surface area contributed by atoms with E-state index in [0.717, 1.165) is 5.56 Å². The second-order valence-corrected chi connectivity index (χ2v) is 5.26. The Kier molecular flexibility index (Phi) is 5.42. The van der Waals surface area contributed by atoms with Crippen LogP contribution in [0.2, 0.25) is 5.02 Å². The number of aliphatic hydroxyl groups excluding tert-OH is 1. The van der Waals surface area contributed by atoms with Crippen LogP contribution in [0.1, 0.15) is 5.56 Å². The van der Waals surface area contributed by atoms with Crippen molar-refractivity contribution in [3.63, 3.8) is 0 Å². The first-order chi connectivity index (χ1) is 10.0. The SMILES string of the molecule is Cc1cccc(OCC(O)CNc2cc(F)cc(Cl)c2)c1. The molecule has 2 rings (SSSR count). The second-order valence-electron chi connectivity index (χ2n) is 4.82. The zero-order valence-corrected chi connectivity index (χ0v) is 12.4. The van der Waals surface area contributed by atoms with Crippen LogP contribution in [-0.2, 0) is 0 Å². The molecule has 21 heavy (non-hydrogen) atoms. The smallest absolute Gasteiger partial charge is 0.126 e. The van der Waals surface area contributed by atoms with Crippen LogP contribution in [0.25, 0.3) is 0 Å². The van der Waals surface area contributed by atoms with Crippen LogP contribution in [0.4, 0.5) is 10.1 Å². The van der Waals surface area contributed by atoms with Crippen LogP contribution in [-0.4, -0.2) is 24.4 Å². The number of aryl methyl sites for hydroxylation is 1. The molecule has 2 aromatic rings. The lowest BCUT2D eigenvalue weighted by atomic mass is 10.2. The highest BCUT2D eigenvalue weighted by Crippen LogP contribution is 2.18. The maximum atomic E-state index is 13.1. The molecule has 0 aliphatic rings. The van der Waals surface area contributed by atoms with Crippen LogP contribution in [0.3, 0.4) is 0 Å². The molecule has 0 bridgehead atoms. The number of halogens is 2. The van der Waals surface area contributed by atoms with Crippen LogP contribution in [0.15, 0.2) is 42.5 Å². The molecule has 0 saturated carbocycles. The Bertz CT molecular complexity index is 586. The number of nitrogens with one attached hydrogen (secondary N) is 1. The summed E-state index contributed by atoms with van der Waals surface area (Å²) in [4.78, 5) is 0. The summed E-state index contributed by atoms with van der Waals surface area (Å²) in [5.41, 5.74) is 1.61. The lowest BCUT2D eigenvalue weighted by molar-refractivity contribution is 0.117. The third-order valence-corrected chi connectivity index (χ3v) is 3.05. The summed E-state index contributed by atoms with van der Waals surface area (Å²) in [5.74, 6) is 0.290. The quantitative estimate of drug-likeness (QED) is 0.856. The fraction of sp³-hybridized carbons (Fsp3) is 0.250. The molecule has 1 atom stereocenters. The van der Waals surface area contributed by atoms with Gasteiger partial charge in [0.1, 0.15) is 24.3 Å². The Morgan fingerprint density at radius 3 is 2.81 bits per heavy atom. The van der Waals surface area contributed by atoms with E-state index in [1.807, 2.05) is 31.2 Å². The van der Waals surface area contributed by atoms with Gasteiger partial charge in [-0.15, -0.1) is 0 Å². The summed E-state index contributed by atoms with van der Waals surface area (Å²) < 4.78 is 18.6. The number of benzene rings is 2. The largest absolute Gasteiger partial charge is 0.491 e. The molecule has 1 unspecified atom stereocenters. The third kappa shape index (κ3) is 5.25. The Balaban J connectivity index is 1.80. The maximum Gasteiger partial charge on any atom is 0.126 e. The molecular formula is C16H17ClFNO2. The highest BCUT2D eigenvalue weighted by Gasteiger charge is 2.06. The highest BCUT2D eigenvalue weighted by molar-refractivity contribution is 6.30. The first-order valence-corrected chi connectivity index (χ1v) is 6.98.